The third kappa shape index (κ3) is 5.60. The smallest absolute Gasteiger partial charge is 0.322 e. The number of urea groups is 1. The molecule has 2 aliphatic rings. The Morgan fingerprint density at radius 2 is 2.00 bits per heavy atom. The van der Waals surface area contributed by atoms with Crippen molar-refractivity contribution in [2.45, 2.75) is 72.9 Å². The van der Waals surface area contributed by atoms with Crippen LogP contribution in [0.25, 0.3) is 0 Å². The second kappa shape index (κ2) is 10.3. The van der Waals surface area contributed by atoms with Crippen LogP contribution in [0.4, 0.5) is 4.79 Å². The van der Waals surface area contributed by atoms with Gasteiger partial charge in [-0.25, -0.2) is 4.79 Å². The zero-order chi connectivity index (χ0) is 25.3. The lowest BCUT2D eigenvalue weighted by atomic mass is 9.77. The normalized spacial score (nSPS) is 25.4. The predicted octanol–water partition coefficient (Wildman–Crippen LogP) is 5.25. The van der Waals surface area contributed by atoms with Crippen LogP contribution in [0.3, 0.4) is 0 Å². The lowest BCUT2D eigenvalue weighted by Gasteiger charge is -2.44. The van der Waals surface area contributed by atoms with Crippen molar-refractivity contribution >= 4 is 23.6 Å². The summed E-state index contributed by atoms with van der Waals surface area (Å²) in [5, 5.41) is 7.21. The SMILES string of the molecule is CCOC(=O)C1CNCC1N1C=C(C(C)C)[C@](C)(c2ccc(CCC(C)(C)C)c(Cl)c2)NC1=O. The molecule has 2 heterocycles. The number of carbonyl (C=O) groups is 2. The first-order valence-corrected chi connectivity index (χ1v) is 12.7. The fraction of sp³-hybridized carbons (Fsp3) is 0.630. The van der Waals surface area contributed by atoms with Crippen molar-refractivity contribution in [2.24, 2.45) is 17.3 Å². The minimum Gasteiger partial charge on any atom is -0.466 e. The van der Waals surface area contributed by atoms with Gasteiger partial charge in [-0.1, -0.05) is 58.4 Å². The minimum absolute atomic E-state index is 0.169. The number of benzene rings is 1. The van der Waals surface area contributed by atoms with Crippen molar-refractivity contribution in [3.63, 3.8) is 0 Å². The Bertz CT molecular complexity index is 953. The average Bonchev–Trinajstić information content (AvgIpc) is 3.21. The average molecular weight is 490 g/mol. The van der Waals surface area contributed by atoms with Gasteiger partial charge in [-0.2, -0.15) is 0 Å². The predicted molar refractivity (Wildman–Crippen MR) is 137 cm³/mol. The second-order valence-electron chi connectivity index (χ2n) is 11.2. The Balaban J connectivity index is 1.93. The number of aryl methyl sites for hydroxylation is 1. The third-order valence-corrected chi connectivity index (χ3v) is 7.32. The number of ether oxygens (including phenoxy) is 1. The monoisotopic (exact) mass is 489 g/mol. The molecule has 2 amide bonds. The highest BCUT2D eigenvalue weighted by Crippen LogP contribution is 2.40. The van der Waals surface area contributed by atoms with Gasteiger partial charge in [0.1, 0.15) is 0 Å². The molecule has 0 saturated carbocycles. The van der Waals surface area contributed by atoms with Crippen LogP contribution in [0.1, 0.15) is 66.0 Å². The van der Waals surface area contributed by atoms with Crippen molar-refractivity contribution in [1.29, 1.82) is 0 Å². The lowest BCUT2D eigenvalue weighted by Crippen LogP contribution is -2.58. The van der Waals surface area contributed by atoms with Gasteiger partial charge < -0.3 is 15.4 Å². The highest BCUT2D eigenvalue weighted by atomic mass is 35.5. The maximum absolute atomic E-state index is 13.4. The van der Waals surface area contributed by atoms with E-state index in [0.29, 0.717) is 19.7 Å². The lowest BCUT2D eigenvalue weighted by molar-refractivity contribution is -0.148. The summed E-state index contributed by atoms with van der Waals surface area (Å²) in [6, 6.07) is 5.64. The summed E-state index contributed by atoms with van der Waals surface area (Å²) >= 11 is 6.72. The van der Waals surface area contributed by atoms with Crippen LogP contribution < -0.4 is 10.6 Å². The number of esters is 1. The fourth-order valence-corrected chi connectivity index (χ4v) is 5.19. The number of amides is 2. The van der Waals surface area contributed by atoms with Crippen molar-refractivity contribution in [3.8, 4) is 0 Å². The quantitative estimate of drug-likeness (QED) is 0.513. The van der Waals surface area contributed by atoms with Gasteiger partial charge in [0.25, 0.3) is 0 Å². The van der Waals surface area contributed by atoms with Crippen LogP contribution >= 0.6 is 11.6 Å². The van der Waals surface area contributed by atoms with Crippen molar-refractivity contribution < 1.29 is 14.3 Å². The number of rotatable bonds is 7. The highest BCUT2D eigenvalue weighted by molar-refractivity contribution is 6.31. The molecule has 1 aromatic carbocycles. The maximum Gasteiger partial charge on any atom is 0.322 e. The van der Waals surface area contributed by atoms with E-state index in [2.05, 4.69) is 57.4 Å². The number of hydrogen-bond acceptors (Lipinski definition) is 4. The first-order valence-electron chi connectivity index (χ1n) is 12.4. The fourth-order valence-electron chi connectivity index (χ4n) is 4.92. The molecule has 0 aliphatic carbocycles. The number of nitrogens with zero attached hydrogens (tertiary/aromatic N) is 1. The molecule has 7 heteroatoms. The van der Waals surface area contributed by atoms with Gasteiger partial charge in [-0.3, -0.25) is 9.69 Å². The molecule has 1 aromatic rings. The molecule has 6 nitrogen and oxygen atoms in total. The van der Waals surface area contributed by atoms with Crippen LogP contribution in [0.2, 0.25) is 5.02 Å². The standard InChI is InChI=1S/C27H40ClN3O3/c1-8-34-24(32)20-14-29-15-23(20)31-16-21(17(2)3)27(7,30-25(31)33)19-10-9-18(22(28)13-19)11-12-26(4,5)6/h9-10,13,16-17,20,23,29H,8,11-12,14-15H2,1-7H3,(H,30,33)/t20?,23?,27-/m0/s1. The molecular weight excluding hydrogens is 450 g/mol. The van der Waals surface area contributed by atoms with E-state index in [1.165, 1.54) is 0 Å². The zero-order valence-corrected chi connectivity index (χ0v) is 22.4. The molecular formula is C27H40ClN3O3. The highest BCUT2D eigenvalue weighted by Gasteiger charge is 2.45. The summed E-state index contributed by atoms with van der Waals surface area (Å²) in [6.07, 6.45) is 3.90. The molecule has 0 spiro atoms. The molecule has 3 atom stereocenters. The van der Waals surface area contributed by atoms with Gasteiger partial charge in [0.2, 0.25) is 0 Å². The number of carbonyl (C=O) groups excluding carboxylic acids is 2. The van der Waals surface area contributed by atoms with Crippen LogP contribution in [0.15, 0.2) is 30.0 Å². The Labute approximate surface area is 209 Å². The van der Waals surface area contributed by atoms with E-state index in [1.54, 1.807) is 11.8 Å². The Morgan fingerprint density at radius 3 is 2.59 bits per heavy atom. The molecule has 188 valence electrons. The van der Waals surface area contributed by atoms with Gasteiger partial charge in [0.05, 0.1) is 24.1 Å². The van der Waals surface area contributed by atoms with E-state index in [9.17, 15) is 9.59 Å². The number of nitrogens with one attached hydrogen (secondary N) is 2. The number of hydrogen-bond donors (Lipinski definition) is 2. The summed E-state index contributed by atoms with van der Waals surface area (Å²) in [7, 11) is 0. The maximum atomic E-state index is 13.4. The minimum atomic E-state index is -0.695. The zero-order valence-electron chi connectivity index (χ0n) is 21.6. The van der Waals surface area contributed by atoms with E-state index in [4.69, 9.17) is 16.3 Å². The Kier molecular flexibility index (Phi) is 8.03. The molecule has 2 aliphatic heterocycles. The van der Waals surface area contributed by atoms with Gasteiger partial charge in [-0.15, -0.1) is 0 Å². The molecule has 34 heavy (non-hydrogen) atoms. The van der Waals surface area contributed by atoms with Crippen molar-refractivity contribution in [1.82, 2.24) is 15.5 Å². The van der Waals surface area contributed by atoms with Gasteiger partial charge >= 0.3 is 12.0 Å². The van der Waals surface area contributed by atoms with Crippen LogP contribution in [-0.2, 0) is 21.5 Å². The summed E-state index contributed by atoms with van der Waals surface area (Å²) in [5.41, 5.74) is 2.69. The molecule has 3 rings (SSSR count). The van der Waals surface area contributed by atoms with Crippen LogP contribution in [0.5, 0.6) is 0 Å². The van der Waals surface area contributed by atoms with Gasteiger partial charge in [0.15, 0.2) is 0 Å². The van der Waals surface area contributed by atoms with E-state index in [0.717, 1.165) is 34.6 Å². The largest absolute Gasteiger partial charge is 0.466 e. The number of halogens is 1. The first-order chi connectivity index (χ1) is 15.9. The first kappa shape index (κ1) is 26.6. The van der Waals surface area contributed by atoms with Crippen molar-refractivity contribution in [2.75, 3.05) is 19.7 Å². The molecule has 1 fully saturated rings. The van der Waals surface area contributed by atoms with Gasteiger partial charge in [-0.05, 0) is 60.8 Å². The Hall–Kier alpha value is -2.05. The molecule has 0 aromatic heterocycles. The summed E-state index contributed by atoms with van der Waals surface area (Å²) in [5.74, 6) is -0.491. The molecule has 2 N–H and O–H groups in total. The van der Waals surface area contributed by atoms with E-state index in [-0.39, 0.29) is 29.4 Å². The van der Waals surface area contributed by atoms with Gasteiger partial charge in [0, 0.05) is 24.3 Å². The van der Waals surface area contributed by atoms with Crippen LogP contribution in [0, 0.1) is 17.3 Å². The molecule has 1 saturated heterocycles. The van der Waals surface area contributed by atoms with E-state index in [1.807, 2.05) is 19.2 Å². The molecule has 0 bridgehead atoms. The molecule has 0 radical (unpaired) electrons. The Morgan fingerprint density at radius 1 is 1.29 bits per heavy atom. The van der Waals surface area contributed by atoms with Crippen LogP contribution in [-0.4, -0.2) is 42.6 Å². The summed E-state index contributed by atoms with van der Waals surface area (Å²) < 4.78 is 5.26. The van der Waals surface area contributed by atoms with E-state index < -0.39 is 11.5 Å². The second-order valence-corrected chi connectivity index (χ2v) is 11.6. The summed E-state index contributed by atoms with van der Waals surface area (Å²) in [4.78, 5) is 27.6. The molecule has 2 unspecified atom stereocenters. The topological polar surface area (TPSA) is 70.7 Å². The summed E-state index contributed by atoms with van der Waals surface area (Å²) in [6.45, 7) is 16.1. The van der Waals surface area contributed by atoms with Crippen molar-refractivity contribution in [3.05, 3.63) is 46.1 Å². The van der Waals surface area contributed by atoms with E-state index >= 15 is 0 Å². The third-order valence-electron chi connectivity index (χ3n) is 6.97.